The monoisotopic (exact) mass is 348 g/mol. The van der Waals surface area contributed by atoms with Crippen molar-refractivity contribution in [1.82, 2.24) is 0 Å². The molecule has 1 unspecified atom stereocenters. The first-order valence-electron chi connectivity index (χ1n) is 9.34. The molecule has 0 saturated carbocycles. The van der Waals surface area contributed by atoms with Gasteiger partial charge in [0, 0.05) is 5.92 Å². The summed E-state index contributed by atoms with van der Waals surface area (Å²) in [5.74, 6) is 0.262. The van der Waals surface area contributed by atoms with Gasteiger partial charge in [-0.15, -0.1) is 0 Å². The zero-order chi connectivity index (χ0) is 18.2. The standard InChI is InChI=1S/C26H20O/c27-17-18-9-11-21(12-10-18)26-23-8-4-2-6-20(23)14-16-25(26)24-15-13-19-5-1-3-7-22(19)24/h1-16,24,27H,17H2. The molecular formula is C26H20O. The molecule has 0 fully saturated rings. The quantitative estimate of drug-likeness (QED) is 0.470. The third-order valence-electron chi connectivity index (χ3n) is 5.52. The number of aliphatic hydroxyl groups is 1. The number of fused-ring (bicyclic) bond motifs is 2. The Labute approximate surface area is 159 Å². The molecule has 1 nitrogen and oxygen atoms in total. The Balaban J connectivity index is 1.77. The van der Waals surface area contributed by atoms with Crippen LogP contribution in [-0.2, 0) is 6.61 Å². The van der Waals surface area contributed by atoms with Crippen molar-refractivity contribution in [2.75, 3.05) is 0 Å². The molecule has 0 saturated heterocycles. The number of hydrogen-bond acceptors (Lipinski definition) is 1. The van der Waals surface area contributed by atoms with Gasteiger partial charge in [-0.3, -0.25) is 0 Å². The van der Waals surface area contributed by atoms with E-state index in [1.165, 1.54) is 38.6 Å². The van der Waals surface area contributed by atoms with E-state index >= 15 is 0 Å². The summed E-state index contributed by atoms with van der Waals surface area (Å²) in [5.41, 5.74) is 7.40. The Kier molecular flexibility index (Phi) is 3.88. The van der Waals surface area contributed by atoms with Crippen LogP contribution in [-0.4, -0.2) is 5.11 Å². The van der Waals surface area contributed by atoms with Crippen LogP contribution in [0.25, 0.3) is 28.0 Å². The molecule has 0 spiro atoms. The highest BCUT2D eigenvalue weighted by Crippen LogP contribution is 2.42. The summed E-state index contributed by atoms with van der Waals surface area (Å²) in [6, 6.07) is 30.0. The molecule has 0 heterocycles. The Morgan fingerprint density at radius 3 is 2.33 bits per heavy atom. The molecule has 0 aliphatic heterocycles. The number of benzene rings is 4. The molecule has 0 amide bonds. The lowest BCUT2D eigenvalue weighted by molar-refractivity contribution is 0.282. The first kappa shape index (κ1) is 16.0. The van der Waals surface area contributed by atoms with Gasteiger partial charge in [0.05, 0.1) is 6.61 Å². The van der Waals surface area contributed by atoms with Crippen molar-refractivity contribution in [3.05, 3.63) is 113 Å². The van der Waals surface area contributed by atoms with E-state index in [4.69, 9.17) is 0 Å². The molecule has 27 heavy (non-hydrogen) atoms. The molecule has 0 bridgehead atoms. The van der Waals surface area contributed by atoms with Crippen molar-refractivity contribution in [2.45, 2.75) is 12.5 Å². The highest BCUT2D eigenvalue weighted by atomic mass is 16.3. The van der Waals surface area contributed by atoms with E-state index in [1.54, 1.807) is 0 Å². The van der Waals surface area contributed by atoms with Crippen LogP contribution >= 0.6 is 0 Å². The minimum absolute atomic E-state index is 0.0708. The maximum absolute atomic E-state index is 9.40. The van der Waals surface area contributed by atoms with Gasteiger partial charge in [-0.25, -0.2) is 0 Å². The zero-order valence-corrected chi connectivity index (χ0v) is 15.0. The first-order chi connectivity index (χ1) is 13.3. The minimum atomic E-state index is 0.0708. The largest absolute Gasteiger partial charge is 0.392 e. The summed E-state index contributed by atoms with van der Waals surface area (Å²) in [6.07, 6.45) is 4.54. The Morgan fingerprint density at radius 2 is 1.48 bits per heavy atom. The predicted molar refractivity (Wildman–Crippen MR) is 113 cm³/mol. The average molecular weight is 348 g/mol. The Morgan fingerprint density at radius 1 is 0.704 bits per heavy atom. The smallest absolute Gasteiger partial charge is 0.0681 e. The molecule has 130 valence electrons. The van der Waals surface area contributed by atoms with Gasteiger partial charge < -0.3 is 5.11 Å². The maximum atomic E-state index is 9.40. The number of aliphatic hydroxyl groups excluding tert-OH is 1. The van der Waals surface area contributed by atoms with Crippen molar-refractivity contribution in [3.8, 4) is 11.1 Å². The molecular weight excluding hydrogens is 328 g/mol. The van der Waals surface area contributed by atoms with E-state index in [-0.39, 0.29) is 12.5 Å². The summed E-state index contributed by atoms with van der Waals surface area (Å²) < 4.78 is 0. The van der Waals surface area contributed by atoms with Gasteiger partial charge in [0.1, 0.15) is 0 Å². The lowest BCUT2D eigenvalue weighted by Gasteiger charge is -2.19. The van der Waals surface area contributed by atoms with E-state index in [0.717, 1.165) is 5.56 Å². The van der Waals surface area contributed by atoms with Crippen molar-refractivity contribution < 1.29 is 5.11 Å². The molecule has 4 aromatic rings. The summed E-state index contributed by atoms with van der Waals surface area (Å²) in [7, 11) is 0. The van der Waals surface area contributed by atoms with Crippen molar-refractivity contribution in [2.24, 2.45) is 0 Å². The van der Waals surface area contributed by atoms with E-state index in [9.17, 15) is 5.11 Å². The fourth-order valence-electron chi connectivity index (χ4n) is 4.17. The molecule has 1 heteroatoms. The molecule has 0 radical (unpaired) electrons. The van der Waals surface area contributed by atoms with Crippen LogP contribution in [0.15, 0.2) is 91.0 Å². The van der Waals surface area contributed by atoms with E-state index in [2.05, 4.69) is 84.9 Å². The predicted octanol–water partition coefficient (Wildman–Crippen LogP) is 6.16. The number of allylic oxidation sites excluding steroid dienone is 1. The minimum Gasteiger partial charge on any atom is -0.392 e. The molecule has 0 aromatic heterocycles. The van der Waals surface area contributed by atoms with Gasteiger partial charge in [0.2, 0.25) is 0 Å². The maximum Gasteiger partial charge on any atom is 0.0681 e. The average Bonchev–Trinajstić information content (AvgIpc) is 3.17. The SMILES string of the molecule is OCc1ccc(-c2c(C3C=Cc4ccccc43)ccc3ccccc23)cc1. The second-order valence-corrected chi connectivity index (χ2v) is 7.07. The van der Waals surface area contributed by atoms with Gasteiger partial charge in [-0.05, 0) is 44.2 Å². The highest BCUT2D eigenvalue weighted by Gasteiger charge is 2.22. The van der Waals surface area contributed by atoms with E-state index < -0.39 is 0 Å². The normalized spacial score (nSPS) is 15.2. The third-order valence-corrected chi connectivity index (χ3v) is 5.52. The van der Waals surface area contributed by atoms with Crippen LogP contribution < -0.4 is 0 Å². The van der Waals surface area contributed by atoms with Crippen LogP contribution in [0.1, 0.15) is 28.2 Å². The summed E-state index contributed by atoms with van der Waals surface area (Å²) in [6.45, 7) is 0.0708. The molecule has 1 aliphatic carbocycles. The number of hydrogen-bond donors (Lipinski definition) is 1. The zero-order valence-electron chi connectivity index (χ0n) is 15.0. The van der Waals surface area contributed by atoms with Gasteiger partial charge in [-0.1, -0.05) is 97.1 Å². The molecule has 1 atom stereocenters. The Bertz CT molecular complexity index is 1150. The lowest BCUT2D eigenvalue weighted by Crippen LogP contribution is -2.00. The van der Waals surface area contributed by atoms with E-state index in [0.29, 0.717) is 0 Å². The summed E-state index contributed by atoms with van der Waals surface area (Å²) >= 11 is 0. The van der Waals surface area contributed by atoms with Crippen LogP contribution in [0.4, 0.5) is 0 Å². The third kappa shape index (κ3) is 2.68. The van der Waals surface area contributed by atoms with Crippen LogP contribution in [0, 0.1) is 0 Å². The molecule has 1 aliphatic rings. The summed E-state index contributed by atoms with van der Waals surface area (Å²) in [5, 5.41) is 11.9. The lowest BCUT2D eigenvalue weighted by atomic mass is 9.84. The van der Waals surface area contributed by atoms with Gasteiger partial charge in [0.25, 0.3) is 0 Å². The number of rotatable bonds is 3. The second kappa shape index (κ2) is 6.53. The Hall–Kier alpha value is -3.16. The second-order valence-electron chi connectivity index (χ2n) is 7.07. The topological polar surface area (TPSA) is 20.2 Å². The van der Waals surface area contributed by atoms with Gasteiger partial charge in [0.15, 0.2) is 0 Å². The van der Waals surface area contributed by atoms with Gasteiger partial charge >= 0.3 is 0 Å². The summed E-state index contributed by atoms with van der Waals surface area (Å²) in [4.78, 5) is 0. The molecule has 4 aromatic carbocycles. The fraction of sp³-hybridized carbons (Fsp3) is 0.0769. The van der Waals surface area contributed by atoms with Crippen molar-refractivity contribution in [1.29, 1.82) is 0 Å². The van der Waals surface area contributed by atoms with Gasteiger partial charge in [-0.2, -0.15) is 0 Å². The van der Waals surface area contributed by atoms with Crippen LogP contribution in [0.3, 0.4) is 0 Å². The highest BCUT2D eigenvalue weighted by molar-refractivity contribution is 5.99. The van der Waals surface area contributed by atoms with Crippen molar-refractivity contribution >= 4 is 16.8 Å². The van der Waals surface area contributed by atoms with Crippen LogP contribution in [0.2, 0.25) is 0 Å². The van der Waals surface area contributed by atoms with Crippen molar-refractivity contribution in [3.63, 3.8) is 0 Å². The van der Waals surface area contributed by atoms with Crippen LogP contribution in [0.5, 0.6) is 0 Å². The van der Waals surface area contributed by atoms with E-state index in [1.807, 2.05) is 12.1 Å². The molecule has 1 N–H and O–H groups in total. The molecule has 5 rings (SSSR count). The first-order valence-corrected chi connectivity index (χ1v) is 9.34. The fourth-order valence-corrected chi connectivity index (χ4v) is 4.17.